The predicted octanol–water partition coefficient (Wildman–Crippen LogP) is 4.09. The maximum absolute atomic E-state index is 4.46. The van der Waals surface area contributed by atoms with Gasteiger partial charge in [-0.05, 0) is 67.8 Å². The van der Waals surface area contributed by atoms with Crippen molar-refractivity contribution in [2.75, 3.05) is 31.1 Å². The van der Waals surface area contributed by atoms with Gasteiger partial charge < -0.3 is 4.90 Å². The largest absolute Gasteiger partial charge is 0.369 e. The van der Waals surface area contributed by atoms with Gasteiger partial charge in [0.25, 0.3) is 0 Å². The molecule has 0 radical (unpaired) electrons. The Balaban J connectivity index is 1.62. The number of aryl methyl sites for hydroxylation is 2. The smallest absolute Gasteiger partial charge is 0.173 e. The molecule has 2 heterocycles. The van der Waals surface area contributed by atoms with Crippen molar-refractivity contribution in [3.63, 3.8) is 0 Å². The topological polar surface area (TPSA) is 50.1 Å². The van der Waals surface area contributed by atoms with Crippen LogP contribution in [0.5, 0.6) is 0 Å². The van der Waals surface area contributed by atoms with E-state index in [-0.39, 0.29) is 12.1 Å². The number of nitrogens with zero attached hydrogens (tertiary/aromatic N) is 6. The third-order valence-corrected chi connectivity index (χ3v) is 6.24. The van der Waals surface area contributed by atoms with E-state index in [1.165, 1.54) is 27.9 Å². The Morgan fingerprint density at radius 3 is 2.23 bits per heavy atom. The summed E-state index contributed by atoms with van der Waals surface area (Å²) < 4.78 is 1.96. The van der Waals surface area contributed by atoms with Crippen molar-refractivity contribution in [3.05, 3.63) is 70.5 Å². The van der Waals surface area contributed by atoms with Crippen LogP contribution in [0.15, 0.2) is 42.5 Å². The van der Waals surface area contributed by atoms with Crippen molar-refractivity contribution in [1.29, 1.82) is 0 Å². The second-order valence-electron chi connectivity index (χ2n) is 8.63. The number of aromatic nitrogens is 4. The summed E-state index contributed by atoms with van der Waals surface area (Å²) in [6.07, 6.45) is 0. The zero-order chi connectivity index (χ0) is 21.3. The molecular weight excluding hydrogens is 372 g/mol. The highest BCUT2D eigenvalue weighted by Crippen LogP contribution is 2.31. The number of tetrazole rings is 1. The van der Waals surface area contributed by atoms with Crippen LogP contribution in [0, 0.1) is 20.8 Å². The molecule has 6 heteroatoms. The minimum atomic E-state index is 0.0590. The summed E-state index contributed by atoms with van der Waals surface area (Å²) in [7, 11) is 0. The molecule has 0 amide bonds. The molecule has 0 N–H and O–H groups in total. The van der Waals surface area contributed by atoms with Gasteiger partial charge in [0.1, 0.15) is 0 Å². The van der Waals surface area contributed by atoms with Gasteiger partial charge >= 0.3 is 0 Å². The molecule has 30 heavy (non-hydrogen) atoms. The van der Waals surface area contributed by atoms with Gasteiger partial charge in [0, 0.05) is 31.9 Å². The highest BCUT2D eigenvalue weighted by atomic mass is 15.6. The third-order valence-electron chi connectivity index (χ3n) is 6.24. The lowest BCUT2D eigenvalue weighted by Crippen LogP contribution is -2.48. The van der Waals surface area contributed by atoms with E-state index >= 15 is 0 Å². The third kappa shape index (κ3) is 3.97. The Morgan fingerprint density at radius 2 is 1.57 bits per heavy atom. The normalized spacial score (nSPS) is 16.3. The molecule has 1 unspecified atom stereocenters. The Bertz CT molecular complexity index is 983. The molecule has 1 aromatic heterocycles. The van der Waals surface area contributed by atoms with E-state index in [4.69, 9.17) is 0 Å². The summed E-state index contributed by atoms with van der Waals surface area (Å²) in [5, 5.41) is 12.7. The fraction of sp³-hybridized carbons (Fsp3) is 0.458. The van der Waals surface area contributed by atoms with Gasteiger partial charge in [0.15, 0.2) is 5.82 Å². The Labute approximate surface area is 179 Å². The fourth-order valence-corrected chi connectivity index (χ4v) is 4.32. The van der Waals surface area contributed by atoms with Crippen LogP contribution in [0.3, 0.4) is 0 Å². The highest BCUT2D eigenvalue weighted by molar-refractivity contribution is 5.56. The van der Waals surface area contributed by atoms with E-state index in [1.807, 2.05) is 4.68 Å². The second kappa shape index (κ2) is 8.56. The highest BCUT2D eigenvalue weighted by Gasteiger charge is 2.31. The molecule has 0 spiro atoms. The van der Waals surface area contributed by atoms with Crippen molar-refractivity contribution in [1.82, 2.24) is 25.1 Å². The van der Waals surface area contributed by atoms with Crippen LogP contribution in [0.4, 0.5) is 5.69 Å². The average Bonchev–Trinajstić information content (AvgIpc) is 3.22. The lowest BCUT2D eigenvalue weighted by Gasteiger charge is -2.40. The first-order valence-electron chi connectivity index (χ1n) is 10.8. The van der Waals surface area contributed by atoms with Gasteiger partial charge in [-0.3, -0.25) is 4.90 Å². The molecule has 0 saturated carbocycles. The number of hydrogen-bond acceptors (Lipinski definition) is 5. The number of benzene rings is 2. The molecule has 1 aliphatic heterocycles. The van der Waals surface area contributed by atoms with Gasteiger partial charge in [-0.25, -0.2) is 4.68 Å². The first-order valence-corrected chi connectivity index (χ1v) is 10.8. The number of piperazine rings is 1. The molecule has 4 rings (SSSR count). The zero-order valence-corrected chi connectivity index (χ0v) is 18.7. The number of rotatable bonds is 5. The molecule has 0 aliphatic carbocycles. The average molecular weight is 405 g/mol. The Kier molecular flexibility index (Phi) is 5.86. The molecule has 1 atom stereocenters. The second-order valence-corrected chi connectivity index (χ2v) is 8.63. The molecule has 3 aromatic rings. The van der Waals surface area contributed by atoms with Gasteiger partial charge in [-0.15, -0.1) is 5.10 Å². The van der Waals surface area contributed by atoms with Crippen LogP contribution in [0.1, 0.15) is 54.0 Å². The number of hydrogen-bond donors (Lipinski definition) is 0. The van der Waals surface area contributed by atoms with E-state index < -0.39 is 0 Å². The standard InChI is InChI=1S/C24H32N6/c1-17(2)30-24(25-26-27-30)23(21-11-9-18(3)10-12-21)29-15-13-28(14-16-29)22-8-6-7-19(4)20(22)5/h6-12,17,23H,13-16H2,1-5H3. The van der Waals surface area contributed by atoms with Crippen LogP contribution < -0.4 is 4.90 Å². The van der Waals surface area contributed by atoms with Crippen LogP contribution in [-0.2, 0) is 0 Å². The summed E-state index contributed by atoms with van der Waals surface area (Å²) in [6.45, 7) is 14.7. The molecule has 1 fully saturated rings. The van der Waals surface area contributed by atoms with Crippen LogP contribution in [-0.4, -0.2) is 51.3 Å². The van der Waals surface area contributed by atoms with E-state index in [0.29, 0.717) is 0 Å². The molecule has 1 saturated heterocycles. The molecule has 6 nitrogen and oxygen atoms in total. The fourth-order valence-electron chi connectivity index (χ4n) is 4.32. The van der Waals surface area contributed by atoms with Crippen molar-refractivity contribution in [3.8, 4) is 0 Å². The predicted molar refractivity (Wildman–Crippen MR) is 121 cm³/mol. The van der Waals surface area contributed by atoms with E-state index in [2.05, 4.69) is 102 Å². The SMILES string of the molecule is Cc1ccc(C(c2nnnn2C(C)C)N2CCN(c3cccc(C)c3C)CC2)cc1. The van der Waals surface area contributed by atoms with Crippen molar-refractivity contribution >= 4 is 5.69 Å². The number of anilines is 1. The maximum Gasteiger partial charge on any atom is 0.173 e. The summed E-state index contributed by atoms with van der Waals surface area (Å²) >= 11 is 0. The Morgan fingerprint density at radius 1 is 0.867 bits per heavy atom. The lowest BCUT2D eigenvalue weighted by molar-refractivity contribution is 0.199. The van der Waals surface area contributed by atoms with Crippen molar-refractivity contribution in [2.45, 2.75) is 46.7 Å². The molecule has 1 aliphatic rings. The van der Waals surface area contributed by atoms with E-state index in [0.717, 1.165) is 32.0 Å². The van der Waals surface area contributed by atoms with E-state index in [1.54, 1.807) is 0 Å². The molecular formula is C24H32N6. The minimum absolute atomic E-state index is 0.0590. The quantitative estimate of drug-likeness (QED) is 0.641. The van der Waals surface area contributed by atoms with Gasteiger partial charge in [0.2, 0.25) is 0 Å². The zero-order valence-electron chi connectivity index (χ0n) is 18.7. The molecule has 2 aromatic carbocycles. The molecule has 0 bridgehead atoms. The summed E-state index contributed by atoms with van der Waals surface area (Å²) in [5.41, 5.74) is 6.60. The first-order chi connectivity index (χ1) is 14.5. The first kappa shape index (κ1) is 20.5. The van der Waals surface area contributed by atoms with Gasteiger partial charge in [0.05, 0.1) is 12.1 Å². The van der Waals surface area contributed by atoms with Crippen LogP contribution in [0.25, 0.3) is 0 Å². The summed E-state index contributed by atoms with van der Waals surface area (Å²) in [6, 6.07) is 15.7. The van der Waals surface area contributed by atoms with Crippen molar-refractivity contribution < 1.29 is 0 Å². The summed E-state index contributed by atoms with van der Waals surface area (Å²) in [5.74, 6) is 0.925. The molecule has 158 valence electrons. The van der Waals surface area contributed by atoms with Crippen LogP contribution >= 0.6 is 0 Å². The van der Waals surface area contributed by atoms with Crippen LogP contribution in [0.2, 0.25) is 0 Å². The lowest BCUT2D eigenvalue weighted by atomic mass is 10.0. The Hall–Kier alpha value is -2.73. The summed E-state index contributed by atoms with van der Waals surface area (Å²) in [4.78, 5) is 5.04. The van der Waals surface area contributed by atoms with Gasteiger partial charge in [-0.1, -0.05) is 42.0 Å². The minimum Gasteiger partial charge on any atom is -0.369 e. The van der Waals surface area contributed by atoms with Crippen molar-refractivity contribution in [2.24, 2.45) is 0 Å². The maximum atomic E-state index is 4.46. The monoisotopic (exact) mass is 404 g/mol. The van der Waals surface area contributed by atoms with E-state index in [9.17, 15) is 0 Å². The van der Waals surface area contributed by atoms with Gasteiger partial charge in [-0.2, -0.15) is 0 Å².